The lowest BCUT2D eigenvalue weighted by atomic mass is 10.2. The molecule has 2 heterocycles. The first-order valence-electron chi connectivity index (χ1n) is 3.48. The molecule has 60 valence electrons. The molecule has 2 aromatic heterocycles. The van der Waals surface area contributed by atoms with Gasteiger partial charge in [-0.3, -0.25) is 0 Å². The molecule has 0 aliphatic heterocycles. The van der Waals surface area contributed by atoms with E-state index in [-0.39, 0.29) is 0 Å². The Bertz CT molecular complexity index is 370. The molecule has 4 heteroatoms. The van der Waals surface area contributed by atoms with Gasteiger partial charge >= 0.3 is 0 Å². The van der Waals surface area contributed by atoms with Crippen molar-refractivity contribution in [2.45, 2.75) is 0 Å². The number of nitrogen functional groups attached to an aromatic ring is 1. The minimum Gasteiger partial charge on any atom is -0.397 e. The van der Waals surface area contributed by atoms with Crippen LogP contribution in [-0.4, -0.2) is 10.2 Å². The largest absolute Gasteiger partial charge is 0.397 e. The van der Waals surface area contributed by atoms with Crippen molar-refractivity contribution in [1.29, 1.82) is 0 Å². The summed E-state index contributed by atoms with van der Waals surface area (Å²) in [5.41, 5.74) is 7.35. The van der Waals surface area contributed by atoms with Gasteiger partial charge in [0.2, 0.25) is 0 Å². The van der Waals surface area contributed by atoms with Gasteiger partial charge in [-0.15, -0.1) is 11.3 Å². The minimum atomic E-state index is 0.674. The molecule has 0 saturated carbocycles. The highest BCUT2D eigenvalue weighted by Gasteiger charge is 2.02. The number of aromatic nitrogens is 2. The van der Waals surface area contributed by atoms with E-state index in [0.29, 0.717) is 5.69 Å². The highest BCUT2D eigenvalue weighted by Crippen LogP contribution is 2.27. The van der Waals surface area contributed by atoms with Crippen LogP contribution < -0.4 is 5.73 Å². The van der Waals surface area contributed by atoms with E-state index in [1.54, 1.807) is 23.7 Å². The summed E-state index contributed by atoms with van der Waals surface area (Å²) < 4.78 is 0. The van der Waals surface area contributed by atoms with E-state index in [9.17, 15) is 0 Å². The molecule has 2 N–H and O–H groups in total. The Kier molecular flexibility index (Phi) is 1.75. The highest BCUT2D eigenvalue weighted by molar-refractivity contribution is 7.13. The maximum absolute atomic E-state index is 5.72. The van der Waals surface area contributed by atoms with Gasteiger partial charge in [0.1, 0.15) is 0 Å². The number of hydrogen-bond acceptors (Lipinski definition) is 4. The zero-order valence-corrected chi connectivity index (χ0v) is 7.08. The average molecular weight is 177 g/mol. The number of thiophene rings is 1. The Hall–Kier alpha value is -1.42. The molecule has 0 radical (unpaired) electrons. The lowest BCUT2D eigenvalue weighted by molar-refractivity contribution is 1.04. The second-order valence-electron chi connectivity index (χ2n) is 2.34. The van der Waals surface area contributed by atoms with E-state index in [4.69, 9.17) is 5.73 Å². The molecule has 0 unspecified atom stereocenters. The summed E-state index contributed by atoms with van der Waals surface area (Å²) in [6.45, 7) is 0. The first kappa shape index (κ1) is 7.24. The predicted molar refractivity (Wildman–Crippen MR) is 49.8 cm³/mol. The Morgan fingerprint density at radius 3 is 2.75 bits per heavy atom. The quantitative estimate of drug-likeness (QED) is 0.722. The van der Waals surface area contributed by atoms with Gasteiger partial charge in [0.25, 0.3) is 0 Å². The lowest BCUT2D eigenvalue weighted by Gasteiger charge is -1.98. The number of hydrogen-bond donors (Lipinski definition) is 1. The van der Waals surface area contributed by atoms with Crippen LogP contribution in [0.4, 0.5) is 5.69 Å². The molecule has 12 heavy (non-hydrogen) atoms. The minimum absolute atomic E-state index is 0.674. The number of rotatable bonds is 1. The number of anilines is 1. The molecule has 0 fully saturated rings. The van der Waals surface area contributed by atoms with Gasteiger partial charge in [-0.05, 0) is 11.4 Å². The van der Waals surface area contributed by atoms with Crippen molar-refractivity contribution in [3.8, 4) is 10.4 Å². The molecular weight excluding hydrogens is 170 g/mol. The fourth-order valence-electron chi connectivity index (χ4n) is 0.968. The molecule has 0 saturated heterocycles. The first-order chi connectivity index (χ1) is 5.88. The smallest absolute Gasteiger partial charge is 0.0732 e. The van der Waals surface area contributed by atoms with Gasteiger partial charge in [-0.2, -0.15) is 10.2 Å². The van der Waals surface area contributed by atoms with E-state index in [2.05, 4.69) is 10.2 Å². The van der Waals surface area contributed by atoms with Crippen molar-refractivity contribution in [1.82, 2.24) is 10.2 Å². The Labute approximate surface area is 73.9 Å². The zero-order valence-electron chi connectivity index (χ0n) is 6.27. The topological polar surface area (TPSA) is 51.8 Å². The van der Waals surface area contributed by atoms with Gasteiger partial charge in [0.15, 0.2) is 0 Å². The third kappa shape index (κ3) is 1.16. The zero-order chi connectivity index (χ0) is 8.39. The number of nitrogens with two attached hydrogens (primary N) is 1. The van der Waals surface area contributed by atoms with Crippen LogP contribution in [0, 0.1) is 0 Å². The fourth-order valence-corrected chi connectivity index (χ4v) is 1.73. The Balaban J connectivity index is 2.55. The fraction of sp³-hybridized carbons (Fsp3) is 0. The normalized spacial score (nSPS) is 10.0. The van der Waals surface area contributed by atoms with Crippen molar-refractivity contribution in [2.24, 2.45) is 0 Å². The maximum atomic E-state index is 5.72. The maximum Gasteiger partial charge on any atom is 0.0732 e. The van der Waals surface area contributed by atoms with Crippen LogP contribution >= 0.6 is 11.3 Å². The molecule has 2 aromatic rings. The first-order valence-corrected chi connectivity index (χ1v) is 4.36. The third-order valence-corrected chi connectivity index (χ3v) is 2.45. The third-order valence-electron chi connectivity index (χ3n) is 1.55. The molecule has 2 rings (SSSR count). The van der Waals surface area contributed by atoms with Crippen molar-refractivity contribution < 1.29 is 0 Å². The van der Waals surface area contributed by atoms with Crippen LogP contribution in [0.2, 0.25) is 0 Å². The van der Waals surface area contributed by atoms with Crippen LogP contribution in [0.15, 0.2) is 29.9 Å². The molecule has 0 atom stereocenters. The van der Waals surface area contributed by atoms with Crippen LogP contribution in [0.3, 0.4) is 0 Å². The summed E-state index contributed by atoms with van der Waals surface area (Å²) in [4.78, 5) is 1.13. The molecule has 0 bridgehead atoms. The van der Waals surface area contributed by atoms with Crippen molar-refractivity contribution in [2.75, 3.05) is 5.73 Å². The molecule has 0 aliphatic carbocycles. The van der Waals surface area contributed by atoms with E-state index in [1.165, 1.54) is 0 Å². The molecule has 0 amide bonds. The van der Waals surface area contributed by atoms with Crippen molar-refractivity contribution in [3.05, 3.63) is 29.9 Å². The van der Waals surface area contributed by atoms with Gasteiger partial charge in [-0.1, -0.05) is 6.07 Å². The lowest BCUT2D eigenvalue weighted by Crippen LogP contribution is -1.91. The Morgan fingerprint density at radius 1 is 1.25 bits per heavy atom. The van der Waals surface area contributed by atoms with Crippen molar-refractivity contribution >= 4 is 17.0 Å². The standard InChI is InChI=1S/C8H7N3S/c9-7-5-11-10-4-6(7)8-2-1-3-12-8/h1-5H,(H2,9,10). The summed E-state index contributed by atoms with van der Waals surface area (Å²) >= 11 is 1.64. The predicted octanol–water partition coefficient (Wildman–Crippen LogP) is 1.79. The van der Waals surface area contributed by atoms with E-state index in [0.717, 1.165) is 10.4 Å². The monoisotopic (exact) mass is 177 g/mol. The molecule has 0 aromatic carbocycles. The molecule has 3 nitrogen and oxygen atoms in total. The second-order valence-corrected chi connectivity index (χ2v) is 3.28. The summed E-state index contributed by atoms with van der Waals surface area (Å²) in [5, 5.41) is 9.47. The van der Waals surface area contributed by atoms with Crippen molar-refractivity contribution in [3.63, 3.8) is 0 Å². The van der Waals surface area contributed by atoms with Gasteiger partial charge in [0.05, 0.1) is 18.1 Å². The van der Waals surface area contributed by atoms with Crippen LogP contribution in [0.1, 0.15) is 0 Å². The van der Waals surface area contributed by atoms with Crippen LogP contribution in [-0.2, 0) is 0 Å². The highest BCUT2D eigenvalue weighted by atomic mass is 32.1. The van der Waals surface area contributed by atoms with Gasteiger partial charge in [0, 0.05) is 10.4 Å². The van der Waals surface area contributed by atoms with E-state index in [1.807, 2.05) is 17.5 Å². The number of nitrogens with zero attached hydrogens (tertiary/aromatic N) is 2. The van der Waals surface area contributed by atoms with E-state index >= 15 is 0 Å². The molecule has 0 aliphatic rings. The summed E-state index contributed by atoms with van der Waals surface area (Å²) in [6.07, 6.45) is 3.25. The Morgan fingerprint density at radius 2 is 2.08 bits per heavy atom. The molecule has 0 spiro atoms. The van der Waals surface area contributed by atoms with Crippen LogP contribution in [0.5, 0.6) is 0 Å². The van der Waals surface area contributed by atoms with E-state index < -0.39 is 0 Å². The van der Waals surface area contributed by atoms with Crippen LogP contribution in [0.25, 0.3) is 10.4 Å². The van der Waals surface area contributed by atoms with Gasteiger partial charge in [-0.25, -0.2) is 0 Å². The average Bonchev–Trinajstić information content (AvgIpc) is 2.57. The van der Waals surface area contributed by atoms with Gasteiger partial charge < -0.3 is 5.73 Å². The summed E-state index contributed by atoms with van der Waals surface area (Å²) in [7, 11) is 0. The summed E-state index contributed by atoms with van der Waals surface area (Å²) in [6, 6.07) is 4.00. The second kappa shape index (κ2) is 2.91. The SMILES string of the molecule is Nc1cnncc1-c1cccs1. The molecular formula is C8H7N3S. The summed E-state index contributed by atoms with van der Waals surface area (Å²) in [5.74, 6) is 0.